The molecule has 3 unspecified atom stereocenters. The number of rotatable bonds is 4. The quantitative estimate of drug-likeness (QED) is 0.734. The number of halogens is 1. The minimum Gasteiger partial charge on any atom is -0.378 e. The second kappa shape index (κ2) is 6.15. The second-order valence-corrected chi connectivity index (χ2v) is 6.23. The minimum atomic E-state index is 0.170. The van der Waals surface area contributed by atoms with Crippen molar-refractivity contribution in [2.24, 2.45) is 5.92 Å². The van der Waals surface area contributed by atoms with E-state index in [0.717, 1.165) is 25.9 Å². The van der Waals surface area contributed by atoms with Crippen LogP contribution in [0.2, 0.25) is 0 Å². The van der Waals surface area contributed by atoms with Crippen LogP contribution in [0.25, 0.3) is 10.8 Å². The lowest BCUT2D eigenvalue weighted by molar-refractivity contribution is 0.0865. The zero-order valence-electron chi connectivity index (χ0n) is 11.9. The highest BCUT2D eigenvalue weighted by molar-refractivity contribution is 6.21. The highest BCUT2D eigenvalue weighted by atomic mass is 35.5. The lowest BCUT2D eigenvalue weighted by atomic mass is 9.91. The van der Waals surface area contributed by atoms with E-state index in [4.69, 9.17) is 16.3 Å². The summed E-state index contributed by atoms with van der Waals surface area (Å²) in [6.45, 7) is 3.05. The lowest BCUT2D eigenvalue weighted by Gasteiger charge is -2.22. The molecule has 1 saturated heterocycles. The van der Waals surface area contributed by atoms with Gasteiger partial charge < -0.3 is 4.74 Å². The van der Waals surface area contributed by atoms with Gasteiger partial charge in [0, 0.05) is 17.9 Å². The van der Waals surface area contributed by atoms with Crippen LogP contribution in [0, 0.1) is 5.92 Å². The zero-order chi connectivity index (χ0) is 13.9. The molecule has 0 aromatic heterocycles. The van der Waals surface area contributed by atoms with Crippen molar-refractivity contribution in [1.82, 2.24) is 0 Å². The summed E-state index contributed by atoms with van der Waals surface area (Å²) in [4.78, 5) is 0. The Morgan fingerprint density at radius 2 is 2.00 bits per heavy atom. The second-order valence-electron chi connectivity index (χ2n) is 5.67. The van der Waals surface area contributed by atoms with Crippen molar-refractivity contribution in [3.05, 3.63) is 48.0 Å². The third kappa shape index (κ3) is 2.84. The SMILES string of the molecule is CCC1OCCC1C(Cl)Cc1ccc2ccccc2c1. The molecule has 0 bridgehead atoms. The van der Waals surface area contributed by atoms with E-state index in [0.29, 0.717) is 12.0 Å². The Morgan fingerprint density at radius 3 is 2.80 bits per heavy atom. The van der Waals surface area contributed by atoms with Gasteiger partial charge in [-0.1, -0.05) is 49.4 Å². The number of ether oxygens (including phenoxy) is 1. The molecule has 3 rings (SSSR count). The molecule has 3 atom stereocenters. The molecule has 1 heterocycles. The van der Waals surface area contributed by atoms with Crippen molar-refractivity contribution in [1.29, 1.82) is 0 Å². The maximum Gasteiger partial charge on any atom is 0.0615 e. The Labute approximate surface area is 125 Å². The topological polar surface area (TPSA) is 9.23 Å². The molecule has 1 aliphatic rings. The van der Waals surface area contributed by atoms with Crippen molar-refractivity contribution >= 4 is 22.4 Å². The molecule has 2 heteroatoms. The average molecular weight is 289 g/mol. The van der Waals surface area contributed by atoms with E-state index in [9.17, 15) is 0 Å². The number of benzene rings is 2. The van der Waals surface area contributed by atoms with E-state index in [1.54, 1.807) is 0 Å². The molecule has 106 valence electrons. The maximum absolute atomic E-state index is 6.67. The standard InChI is InChI=1S/C18H21ClO/c1-2-18-16(9-10-20-18)17(19)12-13-7-8-14-5-3-4-6-15(14)11-13/h3-8,11,16-18H,2,9-10,12H2,1H3. The molecule has 0 amide bonds. The van der Waals surface area contributed by atoms with Crippen LogP contribution >= 0.6 is 11.6 Å². The molecule has 0 saturated carbocycles. The van der Waals surface area contributed by atoms with Crippen LogP contribution in [0.5, 0.6) is 0 Å². The summed E-state index contributed by atoms with van der Waals surface area (Å²) in [6.07, 6.45) is 3.43. The third-order valence-electron chi connectivity index (χ3n) is 4.37. The van der Waals surface area contributed by atoms with Crippen molar-refractivity contribution in [3.8, 4) is 0 Å². The Bertz CT molecular complexity index is 580. The predicted octanol–water partition coefficient (Wildman–Crippen LogP) is 4.80. The van der Waals surface area contributed by atoms with Gasteiger partial charge in [0.05, 0.1) is 6.10 Å². The summed E-state index contributed by atoms with van der Waals surface area (Å²) < 4.78 is 5.76. The normalized spacial score (nSPS) is 24.1. The molecule has 1 aliphatic heterocycles. The smallest absolute Gasteiger partial charge is 0.0615 e. The minimum absolute atomic E-state index is 0.170. The molecular formula is C18H21ClO. The molecule has 1 nitrogen and oxygen atoms in total. The van der Waals surface area contributed by atoms with E-state index in [2.05, 4.69) is 49.4 Å². The number of hydrogen-bond acceptors (Lipinski definition) is 1. The van der Waals surface area contributed by atoms with Gasteiger partial charge in [0.15, 0.2) is 0 Å². The Morgan fingerprint density at radius 1 is 1.20 bits per heavy atom. The third-order valence-corrected chi connectivity index (χ3v) is 4.85. The van der Waals surface area contributed by atoms with Crippen LogP contribution in [0.3, 0.4) is 0 Å². The van der Waals surface area contributed by atoms with Gasteiger partial charge >= 0.3 is 0 Å². The van der Waals surface area contributed by atoms with Crippen molar-refractivity contribution < 1.29 is 4.74 Å². The van der Waals surface area contributed by atoms with Crippen molar-refractivity contribution in [3.63, 3.8) is 0 Å². The van der Waals surface area contributed by atoms with Gasteiger partial charge in [-0.3, -0.25) is 0 Å². The molecule has 2 aromatic rings. The Balaban J connectivity index is 1.75. The first-order valence-electron chi connectivity index (χ1n) is 7.51. The van der Waals surface area contributed by atoms with Gasteiger partial charge in [-0.15, -0.1) is 11.6 Å². The van der Waals surface area contributed by atoms with E-state index in [-0.39, 0.29) is 5.38 Å². The largest absolute Gasteiger partial charge is 0.378 e. The molecule has 1 fully saturated rings. The fraction of sp³-hybridized carbons (Fsp3) is 0.444. The van der Waals surface area contributed by atoms with E-state index in [1.807, 2.05) is 0 Å². The van der Waals surface area contributed by atoms with Crippen LogP contribution in [-0.2, 0) is 11.2 Å². The zero-order valence-corrected chi connectivity index (χ0v) is 12.6. The van der Waals surface area contributed by atoms with E-state index < -0.39 is 0 Å². The van der Waals surface area contributed by atoms with E-state index >= 15 is 0 Å². The number of fused-ring (bicyclic) bond motifs is 1. The van der Waals surface area contributed by atoms with Crippen molar-refractivity contribution in [2.75, 3.05) is 6.61 Å². The molecule has 0 radical (unpaired) electrons. The van der Waals surface area contributed by atoms with Crippen LogP contribution in [0.1, 0.15) is 25.3 Å². The van der Waals surface area contributed by atoms with Crippen LogP contribution in [-0.4, -0.2) is 18.1 Å². The first-order valence-corrected chi connectivity index (χ1v) is 7.95. The Hall–Kier alpha value is -1.05. The molecule has 20 heavy (non-hydrogen) atoms. The van der Waals surface area contributed by atoms with Crippen LogP contribution in [0.15, 0.2) is 42.5 Å². The van der Waals surface area contributed by atoms with Gasteiger partial charge in [0.2, 0.25) is 0 Å². The van der Waals surface area contributed by atoms with Gasteiger partial charge in [-0.2, -0.15) is 0 Å². The van der Waals surface area contributed by atoms with Crippen LogP contribution in [0.4, 0.5) is 0 Å². The molecule has 2 aromatic carbocycles. The molecule has 0 aliphatic carbocycles. The summed E-state index contributed by atoms with van der Waals surface area (Å²) in [6, 6.07) is 15.1. The highest BCUT2D eigenvalue weighted by Gasteiger charge is 2.32. The van der Waals surface area contributed by atoms with Crippen LogP contribution < -0.4 is 0 Å². The monoisotopic (exact) mass is 288 g/mol. The highest BCUT2D eigenvalue weighted by Crippen LogP contribution is 2.31. The van der Waals surface area contributed by atoms with Crippen molar-refractivity contribution in [2.45, 2.75) is 37.7 Å². The molecular weight excluding hydrogens is 268 g/mol. The first-order chi connectivity index (χ1) is 9.78. The number of hydrogen-bond donors (Lipinski definition) is 0. The molecule has 0 spiro atoms. The fourth-order valence-electron chi connectivity index (χ4n) is 3.24. The van der Waals surface area contributed by atoms with Gasteiger partial charge in [0.25, 0.3) is 0 Å². The van der Waals surface area contributed by atoms with E-state index in [1.165, 1.54) is 16.3 Å². The van der Waals surface area contributed by atoms with Gasteiger partial charge in [-0.05, 0) is 35.6 Å². The Kier molecular flexibility index (Phi) is 4.28. The summed E-state index contributed by atoms with van der Waals surface area (Å²) >= 11 is 6.67. The molecule has 0 N–H and O–H groups in total. The summed E-state index contributed by atoms with van der Waals surface area (Å²) in [7, 11) is 0. The lowest BCUT2D eigenvalue weighted by Crippen LogP contribution is -2.25. The maximum atomic E-state index is 6.67. The predicted molar refractivity (Wildman–Crippen MR) is 85.4 cm³/mol. The van der Waals surface area contributed by atoms with Gasteiger partial charge in [0.1, 0.15) is 0 Å². The number of alkyl halides is 1. The summed E-state index contributed by atoms with van der Waals surface area (Å²) in [5.41, 5.74) is 1.32. The average Bonchev–Trinajstić information content (AvgIpc) is 2.95. The summed E-state index contributed by atoms with van der Waals surface area (Å²) in [5.74, 6) is 0.494. The fourth-order valence-corrected chi connectivity index (χ4v) is 3.71. The van der Waals surface area contributed by atoms with Gasteiger partial charge in [-0.25, -0.2) is 0 Å². The first kappa shape index (κ1) is 13.9. The summed E-state index contributed by atoms with van der Waals surface area (Å²) in [5, 5.41) is 2.75.